The molecule has 1 heterocycles. The number of benzene rings is 2. The fourth-order valence-corrected chi connectivity index (χ4v) is 2.77. The number of rotatable bonds is 2. The molecule has 0 fully saturated rings. The summed E-state index contributed by atoms with van der Waals surface area (Å²) in [5.74, 6) is -0.330. The molecule has 106 valence electrons. The number of halogens is 2. The Morgan fingerprint density at radius 2 is 1.86 bits per heavy atom. The summed E-state index contributed by atoms with van der Waals surface area (Å²) < 4.78 is 14.7. The van der Waals surface area contributed by atoms with Crippen LogP contribution < -0.4 is 5.56 Å². The van der Waals surface area contributed by atoms with Crippen LogP contribution in [0.3, 0.4) is 0 Å². The lowest BCUT2D eigenvalue weighted by atomic mass is 10.1. The number of hydrogen-bond acceptors (Lipinski definition) is 1. The molecule has 0 atom stereocenters. The van der Waals surface area contributed by atoms with Gasteiger partial charge in [-0.25, -0.2) is 4.39 Å². The Balaban J connectivity index is 2.41. The van der Waals surface area contributed by atoms with E-state index in [2.05, 4.69) is 0 Å². The van der Waals surface area contributed by atoms with Gasteiger partial charge in [-0.2, -0.15) is 0 Å². The highest BCUT2D eigenvalue weighted by Gasteiger charge is 2.12. The van der Waals surface area contributed by atoms with Crippen LogP contribution in [0, 0.1) is 5.82 Å². The van der Waals surface area contributed by atoms with E-state index in [-0.39, 0.29) is 11.4 Å². The van der Waals surface area contributed by atoms with E-state index < -0.39 is 0 Å². The molecule has 0 saturated heterocycles. The molecule has 4 heteroatoms. The van der Waals surface area contributed by atoms with E-state index in [1.165, 1.54) is 12.1 Å². The topological polar surface area (TPSA) is 22.0 Å². The van der Waals surface area contributed by atoms with Crippen molar-refractivity contribution >= 4 is 22.4 Å². The van der Waals surface area contributed by atoms with Crippen LogP contribution in [0.1, 0.15) is 12.6 Å². The SMILES string of the molecule is CCc1cc2cccc(Cl)c2c(=O)n1-c1ccc(F)cc1. The largest absolute Gasteiger partial charge is 0.281 e. The lowest BCUT2D eigenvalue weighted by Gasteiger charge is -2.14. The van der Waals surface area contributed by atoms with Gasteiger partial charge in [0.1, 0.15) is 5.82 Å². The van der Waals surface area contributed by atoms with Gasteiger partial charge in [0.05, 0.1) is 10.4 Å². The van der Waals surface area contributed by atoms with Crippen LogP contribution in [0.25, 0.3) is 16.5 Å². The second kappa shape index (κ2) is 5.34. The second-order valence-electron chi connectivity index (χ2n) is 4.81. The van der Waals surface area contributed by atoms with Crippen LogP contribution in [0.15, 0.2) is 53.3 Å². The minimum atomic E-state index is -0.330. The Morgan fingerprint density at radius 3 is 2.52 bits per heavy atom. The van der Waals surface area contributed by atoms with Gasteiger partial charge in [-0.05, 0) is 48.2 Å². The molecule has 0 saturated carbocycles. The molecule has 0 radical (unpaired) electrons. The standard InChI is InChI=1S/C17H13ClFNO/c1-2-13-10-11-4-3-5-15(18)16(11)17(21)20(13)14-8-6-12(19)7-9-14/h3-10H,2H2,1H3. The van der Waals surface area contributed by atoms with Gasteiger partial charge in [0.25, 0.3) is 5.56 Å². The van der Waals surface area contributed by atoms with Crippen LogP contribution in [-0.2, 0) is 6.42 Å². The van der Waals surface area contributed by atoms with E-state index in [4.69, 9.17) is 11.6 Å². The lowest BCUT2D eigenvalue weighted by molar-refractivity contribution is 0.627. The van der Waals surface area contributed by atoms with Crippen LogP contribution in [0.5, 0.6) is 0 Å². The summed E-state index contributed by atoms with van der Waals surface area (Å²) in [6.45, 7) is 1.98. The van der Waals surface area contributed by atoms with Gasteiger partial charge in [0.2, 0.25) is 0 Å². The number of nitrogens with zero attached hydrogens (tertiary/aromatic N) is 1. The first kappa shape index (κ1) is 13.8. The van der Waals surface area contributed by atoms with Crippen molar-refractivity contribution in [2.45, 2.75) is 13.3 Å². The van der Waals surface area contributed by atoms with Crippen LogP contribution >= 0.6 is 11.6 Å². The highest BCUT2D eigenvalue weighted by atomic mass is 35.5. The number of pyridine rings is 1. The zero-order valence-corrected chi connectivity index (χ0v) is 12.2. The third-order valence-corrected chi connectivity index (χ3v) is 3.83. The van der Waals surface area contributed by atoms with E-state index >= 15 is 0 Å². The molecular weight excluding hydrogens is 289 g/mol. The summed E-state index contributed by atoms with van der Waals surface area (Å²) in [7, 11) is 0. The maximum Gasteiger partial charge on any atom is 0.264 e. The van der Waals surface area contributed by atoms with Gasteiger partial charge in [-0.3, -0.25) is 9.36 Å². The van der Waals surface area contributed by atoms with Gasteiger partial charge in [-0.15, -0.1) is 0 Å². The van der Waals surface area contributed by atoms with E-state index in [9.17, 15) is 9.18 Å². The Labute approximate surface area is 126 Å². The van der Waals surface area contributed by atoms with Crippen LogP contribution in [0.2, 0.25) is 5.02 Å². The van der Waals surface area contributed by atoms with Crippen LogP contribution in [0.4, 0.5) is 4.39 Å². The predicted octanol–water partition coefficient (Wildman–Crippen LogP) is 4.35. The number of hydrogen-bond donors (Lipinski definition) is 0. The minimum absolute atomic E-state index is 0.179. The van der Waals surface area contributed by atoms with E-state index in [0.717, 1.165) is 11.1 Å². The number of aromatic nitrogens is 1. The van der Waals surface area contributed by atoms with Crippen molar-refractivity contribution < 1.29 is 4.39 Å². The van der Waals surface area contributed by atoms with E-state index in [0.29, 0.717) is 22.5 Å². The molecule has 0 amide bonds. The van der Waals surface area contributed by atoms with Crippen molar-refractivity contribution in [3.05, 3.63) is 75.4 Å². The molecule has 0 N–H and O–H groups in total. The summed E-state index contributed by atoms with van der Waals surface area (Å²) >= 11 is 6.17. The fourth-order valence-electron chi connectivity index (χ4n) is 2.51. The van der Waals surface area contributed by atoms with Crippen molar-refractivity contribution in [2.75, 3.05) is 0 Å². The molecule has 0 spiro atoms. The van der Waals surface area contributed by atoms with Gasteiger partial charge >= 0.3 is 0 Å². The number of fused-ring (bicyclic) bond motifs is 1. The summed E-state index contributed by atoms with van der Waals surface area (Å²) in [4.78, 5) is 12.8. The molecule has 2 nitrogen and oxygen atoms in total. The summed E-state index contributed by atoms with van der Waals surface area (Å²) in [6.07, 6.45) is 0.690. The van der Waals surface area contributed by atoms with Crippen molar-refractivity contribution in [1.82, 2.24) is 4.57 Å². The molecule has 0 aliphatic carbocycles. The zero-order valence-electron chi connectivity index (χ0n) is 11.4. The Bertz CT molecular complexity index is 868. The summed E-state index contributed by atoms with van der Waals surface area (Å²) in [5, 5.41) is 1.74. The van der Waals surface area contributed by atoms with Gasteiger partial charge in [0, 0.05) is 11.4 Å². The van der Waals surface area contributed by atoms with Gasteiger partial charge < -0.3 is 0 Å². The van der Waals surface area contributed by atoms with Gasteiger partial charge in [0.15, 0.2) is 0 Å². The van der Waals surface area contributed by atoms with Crippen molar-refractivity contribution in [2.24, 2.45) is 0 Å². The fraction of sp³-hybridized carbons (Fsp3) is 0.118. The van der Waals surface area contributed by atoms with E-state index in [1.54, 1.807) is 22.8 Å². The molecule has 1 aromatic heterocycles. The number of aryl methyl sites for hydroxylation is 1. The first-order valence-electron chi connectivity index (χ1n) is 6.71. The first-order chi connectivity index (χ1) is 10.1. The normalized spacial score (nSPS) is 11.0. The molecule has 3 rings (SSSR count). The molecule has 2 aromatic carbocycles. The van der Waals surface area contributed by atoms with Crippen molar-refractivity contribution in [1.29, 1.82) is 0 Å². The third kappa shape index (κ3) is 2.34. The Morgan fingerprint density at radius 1 is 1.14 bits per heavy atom. The average Bonchev–Trinajstić information content (AvgIpc) is 2.48. The Kier molecular flexibility index (Phi) is 3.52. The molecule has 21 heavy (non-hydrogen) atoms. The smallest absolute Gasteiger partial charge is 0.264 e. The predicted molar refractivity (Wildman–Crippen MR) is 83.9 cm³/mol. The first-order valence-corrected chi connectivity index (χ1v) is 7.08. The van der Waals surface area contributed by atoms with Crippen molar-refractivity contribution in [3.8, 4) is 5.69 Å². The zero-order chi connectivity index (χ0) is 15.0. The molecular formula is C17H13ClFNO. The van der Waals surface area contributed by atoms with E-state index in [1.807, 2.05) is 25.1 Å². The highest BCUT2D eigenvalue weighted by Crippen LogP contribution is 2.22. The maximum atomic E-state index is 13.1. The molecule has 0 aliphatic rings. The quantitative estimate of drug-likeness (QED) is 0.690. The highest BCUT2D eigenvalue weighted by molar-refractivity contribution is 6.35. The summed E-state index contributed by atoms with van der Waals surface area (Å²) in [6, 6.07) is 13.2. The molecule has 0 aliphatic heterocycles. The maximum absolute atomic E-state index is 13.1. The average molecular weight is 302 g/mol. The Hall–Kier alpha value is -2.13. The van der Waals surface area contributed by atoms with Gasteiger partial charge in [-0.1, -0.05) is 30.7 Å². The molecule has 0 unspecified atom stereocenters. The van der Waals surface area contributed by atoms with Crippen LogP contribution in [-0.4, -0.2) is 4.57 Å². The summed E-state index contributed by atoms with van der Waals surface area (Å²) in [5.41, 5.74) is 1.32. The second-order valence-corrected chi connectivity index (χ2v) is 5.22. The van der Waals surface area contributed by atoms with Crippen molar-refractivity contribution in [3.63, 3.8) is 0 Å². The minimum Gasteiger partial charge on any atom is -0.281 e. The third-order valence-electron chi connectivity index (χ3n) is 3.52. The molecule has 0 bridgehead atoms. The lowest BCUT2D eigenvalue weighted by Crippen LogP contribution is -2.22. The monoisotopic (exact) mass is 301 g/mol. The molecule has 3 aromatic rings.